The van der Waals surface area contributed by atoms with Crippen LogP contribution in [0, 0.1) is 0 Å². The van der Waals surface area contributed by atoms with Crippen LogP contribution in [0.15, 0.2) is 91.0 Å². The van der Waals surface area contributed by atoms with Crippen molar-refractivity contribution < 1.29 is 23.9 Å². The fourth-order valence-electron chi connectivity index (χ4n) is 3.52. The number of esters is 1. The lowest BCUT2D eigenvalue weighted by Crippen LogP contribution is -2.53. The van der Waals surface area contributed by atoms with Crippen LogP contribution >= 0.6 is 31.9 Å². The molecule has 3 aromatic rings. The number of hydrogen-bond donors (Lipinski definition) is 2. The fraction of sp³-hybridized carbons (Fsp3) is 0.250. The zero-order valence-corrected chi connectivity index (χ0v) is 23.2. The highest BCUT2D eigenvalue weighted by Gasteiger charge is 2.29. The highest BCUT2D eigenvalue weighted by molar-refractivity contribution is 9.12. The van der Waals surface area contributed by atoms with Gasteiger partial charge >= 0.3 is 12.1 Å². The summed E-state index contributed by atoms with van der Waals surface area (Å²) in [4.78, 5) is 38.9. The average molecular weight is 632 g/mol. The first-order valence-electron chi connectivity index (χ1n) is 11.7. The van der Waals surface area contributed by atoms with E-state index in [-0.39, 0.29) is 19.4 Å². The minimum Gasteiger partial charge on any atom is -0.448 e. The fourth-order valence-corrected chi connectivity index (χ4v) is 3.84. The van der Waals surface area contributed by atoms with Crippen molar-refractivity contribution in [2.24, 2.45) is 0 Å². The van der Waals surface area contributed by atoms with E-state index in [1.54, 1.807) is 0 Å². The molecule has 0 fully saturated rings. The number of alkyl halides is 2. The highest BCUT2D eigenvalue weighted by atomic mass is 79.9. The third-order valence-electron chi connectivity index (χ3n) is 5.35. The van der Waals surface area contributed by atoms with Gasteiger partial charge in [0, 0.05) is 12.8 Å². The Labute approximate surface area is 233 Å². The molecule has 0 aliphatic carbocycles. The summed E-state index contributed by atoms with van der Waals surface area (Å²) < 4.78 is 10.7. The molecule has 0 heterocycles. The summed E-state index contributed by atoms with van der Waals surface area (Å²) in [6.45, 7) is 0.0640. The van der Waals surface area contributed by atoms with Gasteiger partial charge in [-0.15, -0.1) is 0 Å². The molecule has 0 aliphatic heterocycles. The molecule has 0 saturated carbocycles. The van der Waals surface area contributed by atoms with Crippen LogP contribution in [0.25, 0.3) is 0 Å². The zero-order valence-electron chi connectivity index (χ0n) is 20.0. The molecule has 2 amide bonds. The topological polar surface area (TPSA) is 93.7 Å². The van der Waals surface area contributed by atoms with Gasteiger partial charge in [-0.25, -0.2) is 9.59 Å². The molecule has 0 aliphatic rings. The molecular formula is C28H28Br2N2O5. The first kappa shape index (κ1) is 28.4. The number of nitrogens with one attached hydrogen (secondary N) is 2. The second-order valence-electron chi connectivity index (χ2n) is 8.20. The molecule has 2 N–H and O–H groups in total. The standard InChI is InChI=1S/C28H28Br2N2O5/c29-18-25(30)37-27(34)24(17-21-12-6-2-7-13-21)31-26(33)23(16-20-10-4-1-5-11-20)32-28(35)36-19-22-14-8-3-9-15-22/h1-15,23-25H,16-19H2,(H,31,33)(H,32,35)/t23-,24-,25?/m0/s1. The number of carbonyl (C=O) groups is 3. The molecular weight excluding hydrogens is 604 g/mol. The van der Waals surface area contributed by atoms with Gasteiger partial charge in [0.05, 0.1) is 5.33 Å². The normalized spacial score (nSPS) is 13.0. The van der Waals surface area contributed by atoms with Crippen molar-refractivity contribution in [3.63, 3.8) is 0 Å². The van der Waals surface area contributed by atoms with Crippen LogP contribution in [-0.4, -0.2) is 40.4 Å². The number of rotatable bonds is 12. The van der Waals surface area contributed by atoms with Gasteiger partial charge in [-0.2, -0.15) is 0 Å². The number of halogens is 2. The summed E-state index contributed by atoms with van der Waals surface area (Å²) in [5, 5.41) is 5.26. The number of benzene rings is 3. The summed E-state index contributed by atoms with van der Waals surface area (Å²) in [7, 11) is 0. The SMILES string of the molecule is O=C(N[C@@H](Cc1ccccc1)C(=O)N[C@@H](Cc1ccccc1)C(=O)OC(Br)CBr)OCc1ccccc1. The largest absolute Gasteiger partial charge is 0.448 e. The van der Waals surface area contributed by atoms with Gasteiger partial charge in [0.15, 0.2) is 5.01 Å². The molecule has 0 bridgehead atoms. The lowest BCUT2D eigenvalue weighted by Gasteiger charge is -2.23. The predicted octanol–water partition coefficient (Wildman–Crippen LogP) is 4.91. The molecule has 9 heteroatoms. The van der Waals surface area contributed by atoms with E-state index in [0.717, 1.165) is 16.7 Å². The Morgan fingerprint density at radius 1 is 0.703 bits per heavy atom. The summed E-state index contributed by atoms with van der Waals surface area (Å²) in [6, 6.07) is 25.9. The van der Waals surface area contributed by atoms with Gasteiger partial charge < -0.3 is 20.1 Å². The van der Waals surface area contributed by atoms with Crippen molar-refractivity contribution in [1.29, 1.82) is 0 Å². The molecule has 0 spiro atoms. The second-order valence-corrected chi connectivity index (χ2v) is 9.87. The van der Waals surface area contributed by atoms with Crippen molar-refractivity contribution >= 4 is 49.8 Å². The molecule has 0 aromatic heterocycles. The number of amides is 2. The average Bonchev–Trinajstić information content (AvgIpc) is 2.92. The Hall–Kier alpha value is -3.17. The Morgan fingerprint density at radius 3 is 1.70 bits per heavy atom. The number of hydrogen-bond acceptors (Lipinski definition) is 5. The van der Waals surface area contributed by atoms with Crippen LogP contribution in [-0.2, 0) is 38.5 Å². The lowest BCUT2D eigenvalue weighted by molar-refractivity contribution is -0.148. The molecule has 0 saturated heterocycles. The number of ether oxygens (including phenoxy) is 2. The first-order valence-corrected chi connectivity index (χ1v) is 13.7. The van der Waals surface area contributed by atoms with Crippen LogP contribution in [0.5, 0.6) is 0 Å². The number of carbonyl (C=O) groups excluding carboxylic acids is 3. The van der Waals surface area contributed by atoms with E-state index in [1.807, 2.05) is 91.0 Å². The lowest BCUT2D eigenvalue weighted by atomic mass is 10.0. The van der Waals surface area contributed by atoms with Gasteiger partial charge in [-0.05, 0) is 32.6 Å². The molecule has 1 unspecified atom stereocenters. The van der Waals surface area contributed by atoms with Crippen molar-refractivity contribution in [3.05, 3.63) is 108 Å². The van der Waals surface area contributed by atoms with Crippen LogP contribution in [0.4, 0.5) is 4.79 Å². The summed E-state index contributed by atoms with van der Waals surface area (Å²) in [6.07, 6.45) is -0.297. The first-order chi connectivity index (χ1) is 17.9. The van der Waals surface area contributed by atoms with E-state index >= 15 is 0 Å². The van der Waals surface area contributed by atoms with Crippen LogP contribution < -0.4 is 10.6 Å². The molecule has 37 heavy (non-hydrogen) atoms. The minimum absolute atomic E-state index is 0.0640. The summed E-state index contributed by atoms with van der Waals surface area (Å²) >= 11 is 6.52. The van der Waals surface area contributed by atoms with Crippen molar-refractivity contribution in [2.45, 2.75) is 36.5 Å². The second kappa shape index (κ2) is 15.2. The predicted molar refractivity (Wildman–Crippen MR) is 148 cm³/mol. The third-order valence-corrected chi connectivity index (χ3v) is 7.32. The summed E-state index contributed by atoms with van der Waals surface area (Å²) in [5.74, 6) is -1.12. The van der Waals surface area contributed by atoms with Crippen LogP contribution in [0.2, 0.25) is 0 Å². The Bertz CT molecular complexity index is 1130. The molecule has 7 nitrogen and oxygen atoms in total. The van der Waals surface area contributed by atoms with E-state index in [2.05, 4.69) is 42.5 Å². The number of alkyl carbamates (subject to hydrolysis) is 1. The highest BCUT2D eigenvalue weighted by Crippen LogP contribution is 2.12. The third kappa shape index (κ3) is 10.0. The smallest absolute Gasteiger partial charge is 0.408 e. The van der Waals surface area contributed by atoms with Gasteiger partial charge in [-0.3, -0.25) is 4.79 Å². The Kier molecular flexibility index (Phi) is 11.6. The Morgan fingerprint density at radius 2 is 1.19 bits per heavy atom. The van der Waals surface area contributed by atoms with E-state index in [0.29, 0.717) is 5.33 Å². The van der Waals surface area contributed by atoms with Gasteiger partial charge in [0.1, 0.15) is 18.7 Å². The maximum atomic E-state index is 13.4. The van der Waals surface area contributed by atoms with Crippen molar-refractivity contribution in [3.8, 4) is 0 Å². The van der Waals surface area contributed by atoms with Gasteiger partial charge in [-0.1, -0.05) is 107 Å². The van der Waals surface area contributed by atoms with E-state index in [4.69, 9.17) is 9.47 Å². The van der Waals surface area contributed by atoms with E-state index in [1.165, 1.54) is 0 Å². The summed E-state index contributed by atoms with van der Waals surface area (Å²) in [5.41, 5.74) is 2.51. The molecule has 0 radical (unpaired) electrons. The Balaban J connectivity index is 1.74. The van der Waals surface area contributed by atoms with Gasteiger partial charge in [0.2, 0.25) is 5.91 Å². The van der Waals surface area contributed by atoms with Crippen LogP contribution in [0.3, 0.4) is 0 Å². The zero-order chi connectivity index (χ0) is 26.5. The monoisotopic (exact) mass is 630 g/mol. The van der Waals surface area contributed by atoms with Crippen molar-refractivity contribution in [2.75, 3.05) is 5.33 Å². The van der Waals surface area contributed by atoms with Crippen LogP contribution in [0.1, 0.15) is 16.7 Å². The maximum absolute atomic E-state index is 13.4. The molecule has 3 aromatic carbocycles. The minimum atomic E-state index is -0.979. The quantitative estimate of drug-likeness (QED) is 0.219. The molecule has 3 rings (SSSR count). The maximum Gasteiger partial charge on any atom is 0.408 e. The molecule has 194 valence electrons. The van der Waals surface area contributed by atoms with E-state index in [9.17, 15) is 14.4 Å². The van der Waals surface area contributed by atoms with E-state index < -0.39 is 35.1 Å². The molecule has 3 atom stereocenters. The van der Waals surface area contributed by atoms with Crippen molar-refractivity contribution in [1.82, 2.24) is 10.6 Å². The van der Waals surface area contributed by atoms with Gasteiger partial charge in [0.25, 0.3) is 0 Å².